The summed E-state index contributed by atoms with van der Waals surface area (Å²) in [5, 5.41) is 4.77. The fourth-order valence-electron chi connectivity index (χ4n) is 2.57. The standard InChI is InChI=1S/C15H26N2S/c1-10(2)8-16-9-15-17-13-6-5-12(11(3)4)7-14(13)18-15/h10-12,16H,5-9H2,1-4H3. The van der Waals surface area contributed by atoms with E-state index in [2.05, 4.69) is 33.0 Å². The van der Waals surface area contributed by atoms with Gasteiger partial charge in [0.2, 0.25) is 0 Å². The number of rotatable bonds is 5. The lowest BCUT2D eigenvalue weighted by Gasteiger charge is -2.24. The summed E-state index contributed by atoms with van der Waals surface area (Å²) < 4.78 is 0. The molecule has 0 saturated heterocycles. The summed E-state index contributed by atoms with van der Waals surface area (Å²) in [5.41, 5.74) is 1.39. The van der Waals surface area contributed by atoms with E-state index in [1.165, 1.54) is 30.0 Å². The van der Waals surface area contributed by atoms with Gasteiger partial charge in [-0.3, -0.25) is 0 Å². The van der Waals surface area contributed by atoms with Crippen LogP contribution in [0.4, 0.5) is 0 Å². The fourth-order valence-corrected chi connectivity index (χ4v) is 3.74. The van der Waals surface area contributed by atoms with Crippen LogP contribution in [0.1, 0.15) is 49.7 Å². The molecule has 3 heteroatoms. The number of aryl methyl sites for hydroxylation is 1. The largest absolute Gasteiger partial charge is 0.310 e. The van der Waals surface area contributed by atoms with Gasteiger partial charge in [0.15, 0.2) is 0 Å². The Labute approximate surface area is 115 Å². The minimum absolute atomic E-state index is 0.713. The van der Waals surface area contributed by atoms with Crippen molar-refractivity contribution in [2.45, 2.75) is 53.5 Å². The second kappa shape index (κ2) is 6.16. The van der Waals surface area contributed by atoms with Gasteiger partial charge in [0.1, 0.15) is 5.01 Å². The van der Waals surface area contributed by atoms with E-state index in [0.717, 1.165) is 24.9 Å². The number of hydrogen-bond acceptors (Lipinski definition) is 3. The summed E-state index contributed by atoms with van der Waals surface area (Å²) in [6, 6.07) is 0. The molecule has 0 amide bonds. The van der Waals surface area contributed by atoms with E-state index < -0.39 is 0 Å². The molecular weight excluding hydrogens is 240 g/mol. The molecule has 18 heavy (non-hydrogen) atoms. The SMILES string of the molecule is CC(C)CNCc1nc2c(s1)CC(C(C)C)CC2. The second-order valence-electron chi connectivity index (χ2n) is 6.25. The van der Waals surface area contributed by atoms with Gasteiger partial charge in [-0.05, 0) is 43.6 Å². The third kappa shape index (κ3) is 3.55. The van der Waals surface area contributed by atoms with Gasteiger partial charge in [0, 0.05) is 11.4 Å². The number of thiazole rings is 1. The molecule has 0 bridgehead atoms. The lowest BCUT2D eigenvalue weighted by atomic mass is 9.83. The Balaban J connectivity index is 1.93. The van der Waals surface area contributed by atoms with Crippen molar-refractivity contribution in [1.82, 2.24) is 10.3 Å². The van der Waals surface area contributed by atoms with Gasteiger partial charge >= 0.3 is 0 Å². The van der Waals surface area contributed by atoms with E-state index in [9.17, 15) is 0 Å². The Morgan fingerprint density at radius 1 is 1.33 bits per heavy atom. The third-order valence-corrected chi connectivity index (χ3v) is 4.91. The van der Waals surface area contributed by atoms with Gasteiger partial charge in [0.05, 0.1) is 5.69 Å². The average molecular weight is 266 g/mol. The maximum Gasteiger partial charge on any atom is 0.107 e. The van der Waals surface area contributed by atoms with Gasteiger partial charge in [0.25, 0.3) is 0 Å². The summed E-state index contributed by atoms with van der Waals surface area (Å²) >= 11 is 1.93. The molecule has 1 atom stereocenters. The molecule has 1 unspecified atom stereocenters. The van der Waals surface area contributed by atoms with Crippen molar-refractivity contribution in [2.75, 3.05) is 6.54 Å². The molecule has 0 aromatic carbocycles. The van der Waals surface area contributed by atoms with E-state index in [1.807, 2.05) is 11.3 Å². The van der Waals surface area contributed by atoms with Crippen LogP contribution in [0.15, 0.2) is 0 Å². The summed E-state index contributed by atoms with van der Waals surface area (Å²) in [5.74, 6) is 2.39. The van der Waals surface area contributed by atoms with Crippen molar-refractivity contribution in [3.05, 3.63) is 15.6 Å². The van der Waals surface area contributed by atoms with E-state index in [1.54, 1.807) is 4.88 Å². The highest BCUT2D eigenvalue weighted by atomic mass is 32.1. The summed E-state index contributed by atoms with van der Waals surface area (Å²) in [4.78, 5) is 6.35. The molecular formula is C15H26N2S. The molecule has 1 aliphatic rings. The zero-order valence-corrected chi connectivity index (χ0v) is 12.9. The van der Waals surface area contributed by atoms with Crippen LogP contribution in [0.5, 0.6) is 0 Å². The van der Waals surface area contributed by atoms with Crippen molar-refractivity contribution in [3.63, 3.8) is 0 Å². The first-order chi connectivity index (χ1) is 8.56. The third-order valence-electron chi connectivity index (χ3n) is 3.79. The van der Waals surface area contributed by atoms with Crippen LogP contribution in [0.3, 0.4) is 0 Å². The Bertz CT molecular complexity index is 382. The summed E-state index contributed by atoms with van der Waals surface area (Å²) in [7, 11) is 0. The normalized spacial score (nSPS) is 19.6. The quantitative estimate of drug-likeness (QED) is 0.880. The number of nitrogens with one attached hydrogen (secondary N) is 1. The maximum atomic E-state index is 4.80. The number of fused-ring (bicyclic) bond motifs is 1. The molecule has 2 nitrogen and oxygen atoms in total. The maximum absolute atomic E-state index is 4.80. The Hall–Kier alpha value is -0.410. The highest BCUT2D eigenvalue weighted by Crippen LogP contribution is 2.33. The first kappa shape index (κ1) is 14.0. The highest BCUT2D eigenvalue weighted by Gasteiger charge is 2.24. The van der Waals surface area contributed by atoms with E-state index in [-0.39, 0.29) is 0 Å². The van der Waals surface area contributed by atoms with Crippen molar-refractivity contribution < 1.29 is 0 Å². The van der Waals surface area contributed by atoms with E-state index >= 15 is 0 Å². The van der Waals surface area contributed by atoms with Crippen LogP contribution in [-0.2, 0) is 19.4 Å². The topological polar surface area (TPSA) is 24.9 Å². The fraction of sp³-hybridized carbons (Fsp3) is 0.800. The number of nitrogens with zero attached hydrogens (tertiary/aromatic N) is 1. The van der Waals surface area contributed by atoms with Gasteiger partial charge < -0.3 is 5.32 Å². The van der Waals surface area contributed by atoms with Gasteiger partial charge in [-0.25, -0.2) is 4.98 Å². The molecule has 1 N–H and O–H groups in total. The molecule has 1 aliphatic carbocycles. The molecule has 1 aromatic rings. The predicted molar refractivity (Wildman–Crippen MR) is 79.0 cm³/mol. The van der Waals surface area contributed by atoms with Crippen molar-refractivity contribution >= 4 is 11.3 Å². The Morgan fingerprint density at radius 2 is 2.11 bits per heavy atom. The van der Waals surface area contributed by atoms with Crippen LogP contribution >= 0.6 is 11.3 Å². The van der Waals surface area contributed by atoms with Crippen LogP contribution in [0, 0.1) is 17.8 Å². The molecule has 0 aliphatic heterocycles. The predicted octanol–water partition coefficient (Wildman–Crippen LogP) is 3.65. The van der Waals surface area contributed by atoms with Crippen LogP contribution in [0.2, 0.25) is 0 Å². The Morgan fingerprint density at radius 3 is 2.78 bits per heavy atom. The molecule has 102 valence electrons. The smallest absolute Gasteiger partial charge is 0.107 e. The van der Waals surface area contributed by atoms with Crippen molar-refractivity contribution in [1.29, 1.82) is 0 Å². The highest BCUT2D eigenvalue weighted by molar-refractivity contribution is 7.11. The number of aromatic nitrogens is 1. The van der Waals surface area contributed by atoms with E-state index in [0.29, 0.717) is 5.92 Å². The van der Waals surface area contributed by atoms with Crippen molar-refractivity contribution in [3.8, 4) is 0 Å². The number of hydrogen-bond donors (Lipinski definition) is 1. The summed E-state index contributed by atoms with van der Waals surface area (Å²) in [6.45, 7) is 11.2. The van der Waals surface area contributed by atoms with E-state index in [4.69, 9.17) is 4.98 Å². The first-order valence-corrected chi connectivity index (χ1v) is 8.06. The van der Waals surface area contributed by atoms with Crippen molar-refractivity contribution in [2.24, 2.45) is 17.8 Å². The van der Waals surface area contributed by atoms with Gasteiger partial charge in [-0.2, -0.15) is 0 Å². The van der Waals surface area contributed by atoms with Gasteiger partial charge in [-0.15, -0.1) is 11.3 Å². The monoisotopic (exact) mass is 266 g/mol. The zero-order chi connectivity index (χ0) is 13.1. The molecule has 2 rings (SSSR count). The molecule has 0 spiro atoms. The minimum Gasteiger partial charge on any atom is -0.310 e. The molecule has 0 radical (unpaired) electrons. The molecule has 1 aromatic heterocycles. The lowest BCUT2D eigenvalue weighted by molar-refractivity contribution is 0.344. The second-order valence-corrected chi connectivity index (χ2v) is 7.42. The Kier molecular flexibility index (Phi) is 4.79. The lowest BCUT2D eigenvalue weighted by Crippen LogP contribution is -2.19. The van der Waals surface area contributed by atoms with Crippen LogP contribution < -0.4 is 5.32 Å². The summed E-state index contributed by atoms with van der Waals surface area (Å²) in [6.07, 6.45) is 3.78. The molecule has 0 saturated carbocycles. The van der Waals surface area contributed by atoms with Crippen LogP contribution in [-0.4, -0.2) is 11.5 Å². The van der Waals surface area contributed by atoms with Crippen LogP contribution in [0.25, 0.3) is 0 Å². The molecule has 1 heterocycles. The minimum atomic E-state index is 0.713. The van der Waals surface area contributed by atoms with Gasteiger partial charge in [-0.1, -0.05) is 27.7 Å². The average Bonchev–Trinajstić information content (AvgIpc) is 2.69. The molecule has 0 fully saturated rings. The zero-order valence-electron chi connectivity index (χ0n) is 12.1. The first-order valence-electron chi connectivity index (χ1n) is 7.24.